The molecule has 1 aliphatic rings. The smallest absolute Gasteiger partial charge is 0.0548 e. The summed E-state index contributed by atoms with van der Waals surface area (Å²) in [6, 6.07) is 75.8. The maximum absolute atomic E-state index is 2.47. The molecule has 0 saturated carbocycles. The van der Waals surface area contributed by atoms with Crippen molar-refractivity contribution >= 4 is 43.6 Å². The molecule has 0 spiro atoms. The van der Waals surface area contributed by atoms with Gasteiger partial charge in [0.15, 0.2) is 0 Å². The van der Waals surface area contributed by atoms with E-state index in [0.717, 1.165) is 17.8 Å². The Balaban J connectivity index is 1.06. The highest BCUT2D eigenvalue weighted by Crippen LogP contribution is 2.46. The number of fused-ring (bicyclic) bond motifs is 10. The van der Waals surface area contributed by atoms with E-state index in [0.29, 0.717) is 0 Å². The predicted molar refractivity (Wildman–Crippen MR) is 240 cm³/mol. The van der Waals surface area contributed by atoms with Crippen LogP contribution in [0.4, 0.5) is 0 Å². The van der Waals surface area contributed by atoms with Gasteiger partial charge >= 0.3 is 0 Å². The number of para-hydroxylation sites is 2. The number of nitrogens with zero attached hydrogens (tertiary/aromatic N) is 2. The molecule has 1 aliphatic carbocycles. The maximum Gasteiger partial charge on any atom is 0.0548 e. The number of aromatic nitrogens is 2. The van der Waals surface area contributed by atoms with Crippen molar-refractivity contribution in [1.82, 2.24) is 9.13 Å². The van der Waals surface area contributed by atoms with E-state index in [2.05, 4.69) is 215 Å². The summed E-state index contributed by atoms with van der Waals surface area (Å²) < 4.78 is 4.90. The van der Waals surface area contributed by atoms with Gasteiger partial charge in [0.25, 0.3) is 0 Å². The Morgan fingerprint density at radius 2 is 0.842 bits per heavy atom. The van der Waals surface area contributed by atoms with Crippen molar-refractivity contribution in [3.63, 3.8) is 0 Å². The van der Waals surface area contributed by atoms with E-state index in [4.69, 9.17) is 0 Å². The number of hydrogen-bond acceptors (Lipinski definition) is 0. The Morgan fingerprint density at radius 3 is 1.54 bits per heavy atom. The first-order valence-electron chi connectivity index (χ1n) is 19.8. The van der Waals surface area contributed by atoms with Crippen molar-refractivity contribution in [3.8, 4) is 55.9 Å². The minimum atomic E-state index is 0.960. The Labute approximate surface area is 331 Å². The van der Waals surface area contributed by atoms with Crippen molar-refractivity contribution < 1.29 is 0 Å². The number of benzene rings is 9. The van der Waals surface area contributed by atoms with E-state index in [1.807, 2.05) is 0 Å². The molecule has 2 nitrogen and oxygen atoms in total. The molecule has 9 aromatic carbocycles. The Morgan fingerprint density at radius 1 is 0.298 bits per heavy atom. The standard InChI is InChI=1S/C55H36N2/c1-3-14-36(15-4-1)37-26-28-42(29-27-37)56-50-24-11-9-22-45(50)54-52(56)30-31-53-55(54)46-23-10-12-25-51(46)57(53)43-20-13-19-39(32-43)41-34-47(38-16-5-2-6-17-38)49-33-40-18-7-8-21-44(40)48(49)35-41/h1-32,34-35H,33H2. The van der Waals surface area contributed by atoms with Crippen LogP contribution in [0.25, 0.3) is 99.5 Å². The molecule has 12 rings (SSSR count). The lowest BCUT2D eigenvalue weighted by Gasteiger charge is -2.15. The SMILES string of the molecule is c1ccc(-c2ccc(-n3c4ccccc4c4c5c6ccccc6n(-c6cccc(-c7cc(-c8ccccc8)c8c(c7)-c7ccccc7C8)c6)c5ccc43)cc2)cc1. The van der Waals surface area contributed by atoms with Gasteiger partial charge in [0.1, 0.15) is 0 Å². The summed E-state index contributed by atoms with van der Waals surface area (Å²) in [4.78, 5) is 0. The summed E-state index contributed by atoms with van der Waals surface area (Å²) >= 11 is 0. The highest BCUT2D eigenvalue weighted by Gasteiger charge is 2.24. The second kappa shape index (κ2) is 12.6. The molecule has 2 aromatic heterocycles. The van der Waals surface area contributed by atoms with Crippen LogP contribution in [0.3, 0.4) is 0 Å². The molecule has 0 fully saturated rings. The third-order valence-corrected chi connectivity index (χ3v) is 12.2. The second-order valence-electron chi connectivity index (χ2n) is 15.3. The van der Waals surface area contributed by atoms with Crippen LogP contribution in [0.2, 0.25) is 0 Å². The lowest BCUT2D eigenvalue weighted by Crippen LogP contribution is -1.96. The fourth-order valence-electron chi connectivity index (χ4n) is 9.61. The van der Waals surface area contributed by atoms with Gasteiger partial charge in [-0.1, -0.05) is 146 Å². The van der Waals surface area contributed by atoms with Gasteiger partial charge in [0.05, 0.1) is 22.1 Å². The van der Waals surface area contributed by atoms with Crippen LogP contribution < -0.4 is 0 Å². The van der Waals surface area contributed by atoms with Crippen LogP contribution in [0, 0.1) is 0 Å². The Bertz CT molecular complexity index is 3350. The quantitative estimate of drug-likeness (QED) is 0.167. The van der Waals surface area contributed by atoms with E-state index in [1.165, 1.54) is 99.2 Å². The minimum Gasteiger partial charge on any atom is -0.309 e. The summed E-state index contributed by atoms with van der Waals surface area (Å²) in [5.41, 5.74) is 20.1. The van der Waals surface area contributed by atoms with Crippen molar-refractivity contribution in [2.75, 3.05) is 0 Å². The molecule has 266 valence electrons. The lowest BCUT2D eigenvalue weighted by molar-refractivity contribution is 1.17. The topological polar surface area (TPSA) is 9.86 Å². The van der Waals surface area contributed by atoms with E-state index in [1.54, 1.807) is 0 Å². The van der Waals surface area contributed by atoms with Gasteiger partial charge in [-0.2, -0.15) is 0 Å². The van der Waals surface area contributed by atoms with Gasteiger partial charge in [-0.05, 0) is 123 Å². The molecular weight excluding hydrogens is 689 g/mol. The molecule has 0 saturated heterocycles. The van der Waals surface area contributed by atoms with Gasteiger partial charge in [-0.25, -0.2) is 0 Å². The highest BCUT2D eigenvalue weighted by molar-refractivity contribution is 6.29. The third-order valence-electron chi connectivity index (χ3n) is 12.2. The summed E-state index contributed by atoms with van der Waals surface area (Å²) in [5.74, 6) is 0. The maximum atomic E-state index is 2.47. The normalized spacial score (nSPS) is 12.1. The third kappa shape index (κ3) is 4.91. The molecule has 0 atom stereocenters. The van der Waals surface area contributed by atoms with Crippen LogP contribution in [-0.4, -0.2) is 9.13 Å². The average Bonchev–Trinajstić information content (AvgIpc) is 3.94. The predicted octanol–water partition coefficient (Wildman–Crippen LogP) is 14.5. The molecule has 2 heterocycles. The van der Waals surface area contributed by atoms with Crippen molar-refractivity contribution in [3.05, 3.63) is 217 Å². The minimum absolute atomic E-state index is 0.960. The number of rotatable bonds is 5. The van der Waals surface area contributed by atoms with E-state index in [9.17, 15) is 0 Å². The first kappa shape index (κ1) is 31.9. The molecule has 0 aliphatic heterocycles. The van der Waals surface area contributed by atoms with Crippen molar-refractivity contribution in [2.24, 2.45) is 0 Å². The Kier molecular flexibility index (Phi) is 7.02. The molecule has 0 unspecified atom stereocenters. The van der Waals surface area contributed by atoms with Crippen LogP contribution in [0.15, 0.2) is 206 Å². The van der Waals surface area contributed by atoms with Crippen molar-refractivity contribution in [1.29, 1.82) is 0 Å². The molecule has 0 radical (unpaired) electrons. The van der Waals surface area contributed by atoms with Gasteiger partial charge in [-0.3, -0.25) is 0 Å². The monoisotopic (exact) mass is 724 g/mol. The molecule has 2 heteroatoms. The molecule has 57 heavy (non-hydrogen) atoms. The molecular formula is C55H36N2. The second-order valence-corrected chi connectivity index (χ2v) is 15.3. The molecule has 0 bridgehead atoms. The van der Waals surface area contributed by atoms with Gasteiger partial charge in [0, 0.05) is 32.9 Å². The van der Waals surface area contributed by atoms with Crippen LogP contribution in [0.5, 0.6) is 0 Å². The van der Waals surface area contributed by atoms with Gasteiger partial charge < -0.3 is 9.13 Å². The van der Waals surface area contributed by atoms with Gasteiger partial charge in [0.2, 0.25) is 0 Å². The Hall–Kier alpha value is -7.42. The first-order chi connectivity index (χ1) is 28.3. The van der Waals surface area contributed by atoms with E-state index < -0.39 is 0 Å². The van der Waals surface area contributed by atoms with Gasteiger partial charge in [-0.15, -0.1) is 0 Å². The first-order valence-corrected chi connectivity index (χ1v) is 19.8. The zero-order chi connectivity index (χ0) is 37.5. The molecule has 0 N–H and O–H groups in total. The molecule has 11 aromatic rings. The van der Waals surface area contributed by atoms with Crippen LogP contribution in [-0.2, 0) is 6.42 Å². The summed E-state index contributed by atoms with van der Waals surface area (Å²) in [5, 5.41) is 5.08. The highest BCUT2D eigenvalue weighted by atomic mass is 15.0. The fourth-order valence-corrected chi connectivity index (χ4v) is 9.61. The van der Waals surface area contributed by atoms with Crippen LogP contribution >= 0.6 is 0 Å². The summed E-state index contributed by atoms with van der Waals surface area (Å²) in [7, 11) is 0. The largest absolute Gasteiger partial charge is 0.309 e. The summed E-state index contributed by atoms with van der Waals surface area (Å²) in [6.45, 7) is 0. The lowest BCUT2D eigenvalue weighted by atomic mass is 9.91. The fraction of sp³-hybridized carbons (Fsp3) is 0.0182. The zero-order valence-electron chi connectivity index (χ0n) is 31.2. The molecule has 0 amide bonds. The van der Waals surface area contributed by atoms with E-state index in [-0.39, 0.29) is 0 Å². The number of hydrogen-bond donors (Lipinski definition) is 0. The van der Waals surface area contributed by atoms with Crippen LogP contribution in [0.1, 0.15) is 11.1 Å². The zero-order valence-corrected chi connectivity index (χ0v) is 31.2. The average molecular weight is 725 g/mol. The summed E-state index contributed by atoms with van der Waals surface area (Å²) in [6.07, 6.45) is 0.960. The van der Waals surface area contributed by atoms with Crippen molar-refractivity contribution in [2.45, 2.75) is 6.42 Å². The van der Waals surface area contributed by atoms with E-state index >= 15 is 0 Å².